The second-order valence-electron chi connectivity index (χ2n) is 16.3. The van der Waals surface area contributed by atoms with Gasteiger partial charge in [-0.15, -0.1) is 0 Å². The summed E-state index contributed by atoms with van der Waals surface area (Å²) < 4.78 is 16.8. The minimum atomic E-state index is -0.800. The molecule has 352 valence electrons. The van der Waals surface area contributed by atoms with Crippen molar-refractivity contribution < 1.29 is 28.6 Å². The molecule has 0 bridgehead atoms. The van der Waals surface area contributed by atoms with E-state index in [0.717, 1.165) is 161 Å². The zero-order chi connectivity index (χ0) is 45.1. The molecule has 0 rings (SSSR count). The molecule has 0 amide bonds. The zero-order valence-electron chi connectivity index (χ0n) is 40.1. The van der Waals surface area contributed by atoms with Gasteiger partial charge >= 0.3 is 17.9 Å². The van der Waals surface area contributed by atoms with Crippen LogP contribution in [0.1, 0.15) is 220 Å². The molecule has 0 saturated carbocycles. The van der Waals surface area contributed by atoms with Gasteiger partial charge in [0.2, 0.25) is 0 Å². The molecule has 0 spiro atoms. The Labute approximate surface area is 381 Å². The number of ether oxygens (including phenoxy) is 3. The molecule has 0 aliphatic heterocycles. The third kappa shape index (κ3) is 47.4. The molecule has 0 aromatic carbocycles. The van der Waals surface area contributed by atoms with Gasteiger partial charge in [0.05, 0.1) is 0 Å². The van der Waals surface area contributed by atoms with Crippen molar-refractivity contribution in [3.8, 4) is 0 Å². The molecule has 0 aromatic rings. The average Bonchev–Trinajstić information content (AvgIpc) is 3.27. The van der Waals surface area contributed by atoms with Crippen LogP contribution in [0.15, 0.2) is 97.2 Å². The molecule has 62 heavy (non-hydrogen) atoms. The maximum absolute atomic E-state index is 12.8. The number of rotatable bonds is 44. The summed E-state index contributed by atoms with van der Waals surface area (Å²) >= 11 is 0. The topological polar surface area (TPSA) is 78.9 Å². The van der Waals surface area contributed by atoms with Crippen LogP contribution in [0.2, 0.25) is 0 Å². The molecule has 0 fully saturated rings. The molecule has 0 heterocycles. The molecular weight excluding hydrogens is 769 g/mol. The van der Waals surface area contributed by atoms with Gasteiger partial charge in [-0.1, -0.05) is 189 Å². The van der Waals surface area contributed by atoms with Crippen LogP contribution in [-0.2, 0) is 28.6 Å². The number of carbonyl (C=O) groups excluding carboxylic acids is 3. The van der Waals surface area contributed by atoms with Crippen molar-refractivity contribution in [1.29, 1.82) is 0 Å². The molecule has 0 aliphatic rings. The summed E-state index contributed by atoms with van der Waals surface area (Å²) in [6.07, 6.45) is 65.3. The van der Waals surface area contributed by atoms with Gasteiger partial charge in [0, 0.05) is 19.3 Å². The van der Waals surface area contributed by atoms with Crippen molar-refractivity contribution >= 4 is 17.9 Å². The number of carbonyl (C=O) groups is 3. The summed E-state index contributed by atoms with van der Waals surface area (Å²) in [5, 5.41) is 0. The number of esters is 3. The van der Waals surface area contributed by atoms with E-state index in [-0.39, 0.29) is 31.1 Å². The Balaban J connectivity index is 4.48. The monoisotopic (exact) mass is 861 g/mol. The van der Waals surface area contributed by atoms with Crippen LogP contribution in [0.4, 0.5) is 0 Å². The van der Waals surface area contributed by atoms with Crippen LogP contribution >= 0.6 is 0 Å². The quantitative estimate of drug-likeness (QED) is 0.0263. The lowest BCUT2D eigenvalue weighted by Crippen LogP contribution is -2.30. The summed E-state index contributed by atoms with van der Waals surface area (Å²) in [6, 6.07) is 0. The summed E-state index contributed by atoms with van der Waals surface area (Å²) in [4.78, 5) is 38.0. The van der Waals surface area contributed by atoms with Gasteiger partial charge in [-0.2, -0.15) is 0 Å². The fourth-order valence-corrected chi connectivity index (χ4v) is 6.54. The van der Waals surface area contributed by atoms with Crippen LogP contribution < -0.4 is 0 Å². The number of unbranched alkanes of at least 4 members (excludes halogenated alkanes) is 17. The smallest absolute Gasteiger partial charge is 0.306 e. The van der Waals surface area contributed by atoms with E-state index < -0.39 is 6.10 Å². The fraction of sp³-hybridized carbons (Fsp3) is 0.661. The molecule has 0 unspecified atom stereocenters. The lowest BCUT2D eigenvalue weighted by molar-refractivity contribution is -0.167. The second-order valence-corrected chi connectivity index (χ2v) is 16.3. The van der Waals surface area contributed by atoms with Crippen molar-refractivity contribution in [3.05, 3.63) is 97.2 Å². The standard InChI is InChI=1S/C56H92O6/c1-4-7-10-13-16-19-22-25-28-31-34-37-40-43-46-49-55(58)61-52-53(51-60-54(57)48-45-42-39-36-33-30-27-24-21-18-15-12-9-6-3)62-56(59)50-47-44-41-38-35-32-29-26-23-20-17-14-11-8-5-2/h7-8,10-11,15-20,24-29,53H,4-6,9,12-14,21-23,30-52H2,1-3H3/b10-7-,11-8-,18-15-,19-16-,20-17-,27-24-,28-25-,29-26-/t53-/m1/s1. The van der Waals surface area contributed by atoms with Crippen molar-refractivity contribution in [2.45, 2.75) is 226 Å². The highest BCUT2D eigenvalue weighted by Gasteiger charge is 2.19. The lowest BCUT2D eigenvalue weighted by Gasteiger charge is -2.18. The second kappa shape index (κ2) is 50.0. The molecule has 6 nitrogen and oxygen atoms in total. The Bertz CT molecular complexity index is 1260. The molecule has 0 saturated heterocycles. The summed E-state index contributed by atoms with van der Waals surface area (Å²) in [7, 11) is 0. The Morgan fingerprint density at radius 2 is 0.629 bits per heavy atom. The molecule has 6 heteroatoms. The summed E-state index contributed by atoms with van der Waals surface area (Å²) in [5.41, 5.74) is 0. The predicted octanol–water partition coefficient (Wildman–Crippen LogP) is 16.6. The Kier molecular flexibility index (Phi) is 47.0. The highest BCUT2D eigenvalue weighted by molar-refractivity contribution is 5.71. The summed E-state index contributed by atoms with van der Waals surface area (Å²) in [6.45, 7) is 6.32. The maximum Gasteiger partial charge on any atom is 0.306 e. The van der Waals surface area contributed by atoms with Gasteiger partial charge in [0.25, 0.3) is 0 Å². The first-order chi connectivity index (χ1) is 30.5. The third-order valence-corrected chi connectivity index (χ3v) is 10.3. The minimum Gasteiger partial charge on any atom is -0.462 e. The zero-order valence-corrected chi connectivity index (χ0v) is 40.1. The van der Waals surface area contributed by atoms with E-state index in [0.29, 0.717) is 19.3 Å². The largest absolute Gasteiger partial charge is 0.462 e. The summed E-state index contributed by atoms with van der Waals surface area (Å²) in [5.74, 6) is -0.951. The van der Waals surface area contributed by atoms with Gasteiger partial charge in [-0.3, -0.25) is 14.4 Å². The van der Waals surface area contributed by atoms with Gasteiger partial charge in [0.1, 0.15) is 13.2 Å². The minimum absolute atomic E-state index is 0.0990. The first kappa shape index (κ1) is 58.3. The van der Waals surface area contributed by atoms with Crippen molar-refractivity contribution in [2.75, 3.05) is 13.2 Å². The van der Waals surface area contributed by atoms with E-state index in [9.17, 15) is 14.4 Å². The average molecular weight is 861 g/mol. The maximum atomic E-state index is 12.8. The van der Waals surface area contributed by atoms with E-state index >= 15 is 0 Å². The van der Waals surface area contributed by atoms with E-state index in [2.05, 4.69) is 118 Å². The van der Waals surface area contributed by atoms with Gasteiger partial charge < -0.3 is 14.2 Å². The lowest BCUT2D eigenvalue weighted by atomic mass is 10.1. The van der Waals surface area contributed by atoms with Crippen LogP contribution in [0.3, 0.4) is 0 Å². The van der Waals surface area contributed by atoms with E-state index in [4.69, 9.17) is 14.2 Å². The SMILES string of the molecule is CC/C=C\C/C=C\C/C=C\CCCCCCCC(=O)OC[C@@H](COC(=O)CCCCCCC/C=C\C/C=C\CCCC)OC(=O)CCCCCCC/C=C\C/C=C\C/C=C\CC. The molecule has 0 radical (unpaired) electrons. The first-order valence-corrected chi connectivity index (χ1v) is 25.2. The Morgan fingerprint density at radius 1 is 0.339 bits per heavy atom. The van der Waals surface area contributed by atoms with E-state index in [1.54, 1.807) is 0 Å². The Morgan fingerprint density at radius 3 is 0.984 bits per heavy atom. The van der Waals surface area contributed by atoms with Crippen molar-refractivity contribution in [1.82, 2.24) is 0 Å². The first-order valence-electron chi connectivity index (χ1n) is 25.2. The molecule has 0 aliphatic carbocycles. The van der Waals surface area contributed by atoms with E-state index in [1.165, 1.54) is 19.3 Å². The normalized spacial score (nSPS) is 12.9. The van der Waals surface area contributed by atoms with Crippen LogP contribution in [0.5, 0.6) is 0 Å². The van der Waals surface area contributed by atoms with Gasteiger partial charge in [-0.25, -0.2) is 0 Å². The van der Waals surface area contributed by atoms with Crippen LogP contribution in [-0.4, -0.2) is 37.2 Å². The van der Waals surface area contributed by atoms with Crippen molar-refractivity contribution in [3.63, 3.8) is 0 Å². The van der Waals surface area contributed by atoms with Crippen LogP contribution in [0, 0.1) is 0 Å². The number of hydrogen-bond donors (Lipinski definition) is 0. The molecule has 0 aromatic heterocycles. The van der Waals surface area contributed by atoms with Gasteiger partial charge in [0.15, 0.2) is 6.10 Å². The molecular formula is C56H92O6. The predicted molar refractivity (Wildman–Crippen MR) is 265 cm³/mol. The third-order valence-electron chi connectivity index (χ3n) is 10.3. The van der Waals surface area contributed by atoms with Crippen molar-refractivity contribution in [2.24, 2.45) is 0 Å². The van der Waals surface area contributed by atoms with Gasteiger partial charge in [-0.05, 0) is 109 Å². The molecule has 0 N–H and O–H groups in total. The number of allylic oxidation sites excluding steroid dienone is 16. The Hall–Kier alpha value is -3.67. The van der Waals surface area contributed by atoms with Crippen LogP contribution in [0.25, 0.3) is 0 Å². The highest BCUT2D eigenvalue weighted by atomic mass is 16.6. The molecule has 1 atom stereocenters. The number of hydrogen-bond acceptors (Lipinski definition) is 6. The van der Waals surface area contributed by atoms with E-state index in [1.807, 2.05) is 0 Å². The fourth-order valence-electron chi connectivity index (χ4n) is 6.54. The highest BCUT2D eigenvalue weighted by Crippen LogP contribution is 2.13.